The molecule has 0 bridgehead atoms. The molecule has 2 atom stereocenters. The number of hydrogen-bond donors (Lipinski definition) is 1. The van der Waals surface area contributed by atoms with Crippen molar-refractivity contribution in [1.82, 2.24) is 4.98 Å². The second-order valence-corrected chi connectivity index (χ2v) is 6.12. The highest BCUT2D eigenvalue weighted by atomic mass is 16.3. The molecule has 2 heteroatoms. The summed E-state index contributed by atoms with van der Waals surface area (Å²) in [6.45, 7) is 1.90. The van der Waals surface area contributed by atoms with E-state index in [-0.39, 0.29) is 5.92 Å². The maximum Gasteiger partial charge on any atom is 0.0783 e. The highest BCUT2D eigenvalue weighted by Gasteiger charge is 2.35. The van der Waals surface area contributed by atoms with Gasteiger partial charge in [0.2, 0.25) is 0 Å². The Morgan fingerprint density at radius 2 is 1.48 bits per heavy atom. The standard InChI is InChI=1S/C21H21NO/c1-21(23,16-17-10-4-2-5-11-17)20(18-12-6-3-7-13-18)19-14-8-9-15-22-19/h2-15,20,23H,16H2,1H3/t20-,21+/m0/s1. The van der Waals surface area contributed by atoms with Crippen LogP contribution < -0.4 is 0 Å². The molecule has 0 fully saturated rings. The zero-order valence-corrected chi connectivity index (χ0v) is 13.3. The van der Waals surface area contributed by atoms with Crippen LogP contribution in [0, 0.1) is 0 Å². The summed E-state index contributed by atoms with van der Waals surface area (Å²) in [6, 6.07) is 26.1. The van der Waals surface area contributed by atoms with E-state index in [1.165, 1.54) is 0 Å². The molecule has 3 aromatic rings. The van der Waals surface area contributed by atoms with Crippen molar-refractivity contribution in [2.75, 3.05) is 0 Å². The number of rotatable bonds is 5. The third kappa shape index (κ3) is 3.66. The fourth-order valence-electron chi connectivity index (χ4n) is 3.15. The number of aliphatic hydroxyl groups is 1. The van der Waals surface area contributed by atoms with E-state index in [1.807, 2.05) is 61.5 Å². The summed E-state index contributed by atoms with van der Waals surface area (Å²) in [6.07, 6.45) is 2.36. The Hall–Kier alpha value is -2.45. The second-order valence-electron chi connectivity index (χ2n) is 6.12. The van der Waals surface area contributed by atoms with E-state index in [0.717, 1.165) is 16.8 Å². The van der Waals surface area contributed by atoms with Crippen molar-refractivity contribution in [2.24, 2.45) is 0 Å². The molecule has 0 aliphatic rings. The first-order valence-electron chi connectivity index (χ1n) is 7.89. The maximum absolute atomic E-state index is 11.3. The molecule has 0 saturated carbocycles. The lowest BCUT2D eigenvalue weighted by molar-refractivity contribution is 0.0419. The van der Waals surface area contributed by atoms with E-state index in [9.17, 15) is 5.11 Å². The van der Waals surface area contributed by atoms with Crippen LogP contribution in [0.5, 0.6) is 0 Å². The van der Waals surface area contributed by atoms with Gasteiger partial charge in [0.05, 0.1) is 17.2 Å². The molecular formula is C21H21NO. The van der Waals surface area contributed by atoms with Crippen molar-refractivity contribution in [2.45, 2.75) is 24.9 Å². The smallest absolute Gasteiger partial charge is 0.0783 e. The number of hydrogen-bond acceptors (Lipinski definition) is 2. The van der Waals surface area contributed by atoms with E-state index < -0.39 is 5.60 Å². The van der Waals surface area contributed by atoms with Crippen LogP contribution in [0.15, 0.2) is 85.1 Å². The molecule has 1 N–H and O–H groups in total. The molecule has 0 aliphatic carbocycles. The van der Waals surface area contributed by atoms with Gasteiger partial charge in [-0.25, -0.2) is 0 Å². The fourth-order valence-corrected chi connectivity index (χ4v) is 3.15. The molecule has 0 unspecified atom stereocenters. The molecule has 116 valence electrons. The number of benzene rings is 2. The predicted octanol–water partition coefficient (Wildman–Crippen LogP) is 4.21. The van der Waals surface area contributed by atoms with Crippen LogP contribution in [0.25, 0.3) is 0 Å². The van der Waals surface area contributed by atoms with Crippen molar-refractivity contribution in [3.63, 3.8) is 0 Å². The molecular weight excluding hydrogens is 282 g/mol. The van der Waals surface area contributed by atoms with Gasteiger partial charge in [0.15, 0.2) is 0 Å². The summed E-state index contributed by atoms with van der Waals surface area (Å²) in [5, 5.41) is 11.3. The van der Waals surface area contributed by atoms with Gasteiger partial charge in [-0.05, 0) is 30.2 Å². The molecule has 3 rings (SSSR count). The number of pyridine rings is 1. The topological polar surface area (TPSA) is 33.1 Å². The second kappa shape index (κ2) is 6.76. The van der Waals surface area contributed by atoms with E-state index in [4.69, 9.17) is 0 Å². The summed E-state index contributed by atoms with van der Waals surface area (Å²) in [4.78, 5) is 4.50. The van der Waals surface area contributed by atoms with Crippen LogP contribution in [-0.4, -0.2) is 15.7 Å². The Morgan fingerprint density at radius 1 is 0.870 bits per heavy atom. The molecule has 1 heterocycles. The monoisotopic (exact) mass is 303 g/mol. The molecule has 2 aromatic carbocycles. The van der Waals surface area contributed by atoms with Crippen molar-refractivity contribution in [3.8, 4) is 0 Å². The molecule has 0 spiro atoms. The Labute approximate surface area is 137 Å². The average molecular weight is 303 g/mol. The maximum atomic E-state index is 11.3. The van der Waals surface area contributed by atoms with Crippen molar-refractivity contribution >= 4 is 0 Å². The van der Waals surface area contributed by atoms with E-state index in [2.05, 4.69) is 29.2 Å². The Kier molecular flexibility index (Phi) is 4.54. The third-order valence-corrected chi connectivity index (χ3v) is 4.14. The average Bonchev–Trinajstić information content (AvgIpc) is 2.57. The minimum absolute atomic E-state index is 0.176. The minimum atomic E-state index is -0.933. The first kappa shape index (κ1) is 15.4. The summed E-state index contributed by atoms with van der Waals surface area (Å²) >= 11 is 0. The third-order valence-electron chi connectivity index (χ3n) is 4.14. The highest BCUT2D eigenvalue weighted by Crippen LogP contribution is 2.36. The van der Waals surface area contributed by atoms with Crippen LogP contribution in [0.4, 0.5) is 0 Å². The van der Waals surface area contributed by atoms with Gasteiger partial charge in [-0.15, -0.1) is 0 Å². The minimum Gasteiger partial charge on any atom is -0.389 e. The van der Waals surface area contributed by atoms with Gasteiger partial charge in [0.25, 0.3) is 0 Å². The van der Waals surface area contributed by atoms with E-state index in [1.54, 1.807) is 6.20 Å². The lowest BCUT2D eigenvalue weighted by atomic mass is 9.77. The lowest BCUT2D eigenvalue weighted by Crippen LogP contribution is -2.36. The van der Waals surface area contributed by atoms with Gasteiger partial charge in [0, 0.05) is 12.6 Å². The van der Waals surface area contributed by atoms with Crippen LogP contribution in [0.3, 0.4) is 0 Å². The van der Waals surface area contributed by atoms with Crippen molar-refractivity contribution in [1.29, 1.82) is 0 Å². The van der Waals surface area contributed by atoms with E-state index in [0.29, 0.717) is 6.42 Å². The van der Waals surface area contributed by atoms with Crippen LogP contribution in [0.1, 0.15) is 29.7 Å². The Bertz CT molecular complexity index is 684. The van der Waals surface area contributed by atoms with Gasteiger partial charge < -0.3 is 5.11 Å². The highest BCUT2D eigenvalue weighted by molar-refractivity contribution is 5.33. The Balaban J connectivity index is 2.01. The lowest BCUT2D eigenvalue weighted by Gasteiger charge is -2.33. The van der Waals surface area contributed by atoms with Gasteiger partial charge in [-0.1, -0.05) is 66.7 Å². The van der Waals surface area contributed by atoms with Crippen LogP contribution >= 0.6 is 0 Å². The zero-order valence-electron chi connectivity index (χ0n) is 13.3. The summed E-state index contributed by atoms with van der Waals surface area (Å²) in [5.41, 5.74) is 2.15. The molecule has 0 amide bonds. The van der Waals surface area contributed by atoms with Gasteiger partial charge in [-0.3, -0.25) is 4.98 Å². The molecule has 2 nitrogen and oxygen atoms in total. The Morgan fingerprint density at radius 3 is 2.09 bits per heavy atom. The SMILES string of the molecule is C[C@@](O)(Cc1ccccc1)[C@@H](c1ccccc1)c1ccccn1. The summed E-state index contributed by atoms with van der Waals surface area (Å²) in [7, 11) is 0. The molecule has 0 saturated heterocycles. The summed E-state index contributed by atoms with van der Waals surface area (Å²) in [5.74, 6) is -0.176. The fraction of sp³-hybridized carbons (Fsp3) is 0.190. The first-order chi connectivity index (χ1) is 11.2. The van der Waals surface area contributed by atoms with Crippen molar-refractivity contribution in [3.05, 3.63) is 102 Å². The molecule has 0 aliphatic heterocycles. The zero-order chi connectivity index (χ0) is 16.1. The summed E-state index contributed by atoms with van der Waals surface area (Å²) < 4.78 is 0. The largest absolute Gasteiger partial charge is 0.389 e. The number of nitrogens with zero attached hydrogens (tertiary/aromatic N) is 1. The molecule has 23 heavy (non-hydrogen) atoms. The van der Waals surface area contributed by atoms with Gasteiger partial charge in [-0.2, -0.15) is 0 Å². The van der Waals surface area contributed by atoms with Crippen molar-refractivity contribution < 1.29 is 5.11 Å². The predicted molar refractivity (Wildman–Crippen MR) is 93.3 cm³/mol. The molecule has 0 radical (unpaired) electrons. The van der Waals surface area contributed by atoms with E-state index >= 15 is 0 Å². The first-order valence-corrected chi connectivity index (χ1v) is 7.89. The van der Waals surface area contributed by atoms with Crippen LogP contribution in [-0.2, 0) is 6.42 Å². The number of aromatic nitrogens is 1. The van der Waals surface area contributed by atoms with Gasteiger partial charge in [0.1, 0.15) is 0 Å². The van der Waals surface area contributed by atoms with Crippen LogP contribution in [0.2, 0.25) is 0 Å². The molecule has 1 aromatic heterocycles. The quantitative estimate of drug-likeness (QED) is 0.766. The normalized spacial score (nSPS) is 14.9. The van der Waals surface area contributed by atoms with Gasteiger partial charge >= 0.3 is 0 Å².